The molecular weight excluding hydrogens is 208 g/mol. The van der Waals surface area contributed by atoms with E-state index in [4.69, 9.17) is 5.11 Å². The molecule has 84 valence electrons. The number of aliphatic hydroxyl groups excluding tert-OH is 1. The Morgan fingerprint density at radius 1 is 1.25 bits per heavy atom. The summed E-state index contributed by atoms with van der Waals surface area (Å²) >= 11 is 0. The highest BCUT2D eigenvalue weighted by Gasteiger charge is 2.02. The first kappa shape index (κ1) is 13.9. The molecule has 0 unspecified atom stereocenters. The molecule has 0 heterocycles. The zero-order chi connectivity index (χ0) is 12.4. The van der Waals surface area contributed by atoms with Gasteiger partial charge in [-0.15, -0.1) is 0 Å². The largest absolute Gasteiger partial charge is 0.397 e. The van der Waals surface area contributed by atoms with Crippen LogP contribution in [0.1, 0.15) is 12.5 Å². The van der Waals surface area contributed by atoms with E-state index in [1.807, 2.05) is 0 Å². The van der Waals surface area contributed by atoms with Gasteiger partial charge in [-0.1, -0.05) is 12.1 Å². The summed E-state index contributed by atoms with van der Waals surface area (Å²) in [7, 11) is 0. The third-order valence-corrected chi connectivity index (χ3v) is 1.54. The number of carbonyl (C=O) groups excluding carboxylic acids is 2. The van der Waals surface area contributed by atoms with Gasteiger partial charge in [0, 0.05) is 6.61 Å². The zero-order valence-corrected chi connectivity index (χ0v) is 9.10. The molecule has 0 spiro atoms. The number of para-hydroxylation sites is 1. The first-order chi connectivity index (χ1) is 7.71. The summed E-state index contributed by atoms with van der Waals surface area (Å²) in [6.45, 7) is 3.69. The van der Waals surface area contributed by atoms with Gasteiger partial charge in [-0.05, 0) is 25.5 Å². The smallest absolute Gasteiger partial charge is 0.240 e. The lowest BCUT2D eigenvalue weighted by molar-refractivity contribution is 0.318. The summed E-state index contributed by atoms with van der Waals surface area (Å²) in [5, 5.41) is 7.57. The van der Waals surface area contributed by atoms with Crippen molar-refractivity contribution in [2.24, 2.45) is 9.98 Å². The number of aliphatic hydroxyl groups is 1. The number of isocyanates is 2. The van der Waals surface area contributed by atoms with Crippen LogP contribution in [-0.2, 0) is 9.59 Å². The summed E-state index contributed by atoms with van der Waals surface area (Å²) in [4.78, 5) is 26.9. The second-order valence-corrected chi connectivity index (χ2v) is 2.67. The van der Waals surface area contributed by atoms with E-state index in [9.17, 15) is 9.59 Å². The Bertz CT molecular complexity index is 431. The second-order valence-electron chi connectivity index (χ2n) is 2.67. The van der Waals surface area contributed by atoms with Crippen LogP contribution in [0.4, 0.5) is 11.4 Å². The van der Waals surface area contributed by atoms with Crippen LogP contribution in [0.25, 0.3) is 0 Å². The molecule has 0 bridgehead atoms. The van der Waals surface area contributed by atoms with Crippen LogP contribution in [0.5, 0.6) is 0 Å². The van der Waals surface area contributed by atoms with Gasteiger partial charge in [0.05, 0.1) is 0 Å². The highest BCUT2D eigenvalue weighted by Crippen LogP contribution is 2.30. The SMILES string of the molecule is CCO.Cc1cccc(N=C=O)c1N=C=O. The van der Waals surface area contributed by atoms with Gasteiger partial charge < -0.3 is 5.11 Å². The molecule has 1 aromatic rings. The lowest BCUT2D eigenvalue weighted by Gasteiger charge is -1.99. The molecule has 16 heavy (non-hydrogen) atoms. The molecule has 0 aliphatic heterocycles. The van der Waals surface area contributed by atoms with Gasteiger partial charge in [0.25, 0.3) is 0 Å². The minimum atomic E-state index is 0.250. The van der Waals surface area contributed by atoms with Gasteiger partial charge in [-0.25, -0.2) is 9.59 Å². The van der Waals surface area contributed by atoms with Crippen molar-refractivity contribution >= 4 is 23.5 Å². The molecule has 1 N–H and O–H groups in total. The van der Waals surface area contributed by atoms with E-state index in [0.29, 0.717) is 11.4 Å². The van der Waals surface area contributed by atoms with Crippen molar-refractivity contribution in [2.75, 3.05) is 6.61 Å². The molecule has 0 radical (unpaired) electrons. The molecule has 1 aromatic carbocycles. The first-order valence-electron chi connectivity index (χ1n) is 4.57. The fourth-order valence-electron chi connectivity index (χ4n) is 0.974. The average molecular weight is 220 g/mol. The van der Waals surface area contributed by atoms with Gasteiger partial charge in [0.2, 0.25) is 12.2 Å². The molecule has 0 atom stereocenters. The predicted octanol–water partition coefficient (Wildman–Crippen LogP) is 1.93. The summed E-state index contributed by atoms with van der Waals surface area (Å²) in [6.07, 6.45) is 2.80. The van der Waals surface area contributed by atoms with Crippen molar-refractivity contribution < 1.29 is 14.7 Å². The van der Waals surface area contributed by atoms with Crippen molar-refractivity contribution in [1.29, 1.82) is 0 Å². The number of rotatable bonds is 2. The van der Waals surface area contributed by atoms with E-state index in [1.54, 1.807) is 32.0 Å². The second kappa shape index (κ2) is 8.26. The highest BCUT2D eigenvalue weighted by atomic mass is 16.2. The predicted molar refractivity (Wildman–Crippen MR) is 59.5 cm³/mol. The monoisotopic (exact) mass is 220 g/mol. The van der Waals surface area contributed by atoms with E-state index in [2.05, 4.69) is 9.98 Å². The van der Waals surface area contributed by atoms with Crippen molar-refractivity contribution in [2.45, 2.75) is 13.8 Å². The molecule has 0 fully saturated rings. The molecule has 0 aromatic heterocycles. The summed E-state index contributed by atoms with van der Waals surface area (Å²) in [5.74, 6) is 0. The Morgan fingerprint density at radius 3 is 2.31 bits per heavy atom. The minimum Gasteiger partial charge on any atom is -0.397 e. The lowest BCUT2D eigenvalue weighted by Crippen LogP contribution is -1.74. The lowest BCUT2D eigenvalue weighted by atomic mass is 10.2. The van der Waals surface area contributed by atoms with E-state index in [-0.39, 0.29) is 6.61 Å². The fourth-order valence-corrected chi connectivity index (χ4v) is 0.974. The Balaban J connectivity index is 0.000000673. The minimum absolute atomic E-state index is 0.250. The maximum Gasteiger partial charge on any atom is 0.240 e. The van der Waals surface area contributed by atoms with Crippen molar-refractivity contribution in [1.82, 2.24) is 0 Å². The number of benzene rings is 1. The highest BCUT2D eigenvalue weighted by molar-refractivity contribution is 5.71. The van der Waals surface area contributed by atoms with Crippen LogP contribution in [-0.4, -0.2) is 23.9 Å². The number of hydrogen-bond acceptors (Lipinski definition) is 5. The van der Waals surface area contributed by atoms with Gasteiger partial charge in [0.15, 0.2) is 0 Å². The summed E-state index contributed by atoms with van der Waals surface area (Å²) in [6, 6.07) is 5.06. The van der Waals surface area contributed by atoms with Crippen molar-refractivity contribution in [3.8, 4) is 0 Å². The molecule has 0 amide bonds. The Labute approximate surface area is 93.2 Å². The zero-order valence-electron chi connectivity index (χ0n) is 9.10. The topological polar surface area (TPSA) is 79.1 Å². The molecule has 5 heteroatoms. The maximum absolute atomic E-state index is 10.1. The molecular formula is C11H12N2O3. The van der Waals surface area contributed by atoms with E-state index in [0.717, 1.165) is 5.56 Å². The average Bonchev–Trinajstić information content (AvgIpc) is 2.25. The molecule has 1 rings (SSSR count). The number of hydrogen-bond donors (Lipinski definition) is 1. The molecule has 0 aliphatic rings. The van der Waals surface area contributed by atoms with Crippen LogP contribution >= 0.6 is 0 Å². The van der Waals surface area contributed by atoms with E-state index in [1.165, 1.54) is 12.2 Å². The quantitative estimate of drug-likeness (QED) is 0.610. The van der Waals surface area contributed by atoms with Gasteiger partial charge in [-0.3, -0.25) is 0 Å². The number of aliphatic imine (C=N–C) groups is 2. The third kappa shape index (κ3) is 4.44. The van der Waals surface area contributed by atoms with Gasteiger partial charge in [0.1, 0.15) is 11.4 Å². The maximum atomic E-state index is 10.1. The van der Waals surface area contributed by atoms with Crippen LogP contribution in [0.3, 0.4) is 0 Å². The first-order valence-corrected chi connectivity index (χ1v) is 4.57. The number of nitrogens with zero attached hydrogens (tertiary/aromatic N) is 2. The third-order valence-electron chi connectivity index (χ3n) is 1.54. The van der Waals surface area contributed by atoms with E-state index >= 15 is 0 Å². The van der Waals surface area contributed by atoms with Crippen LogP contribution < -0.4 is 0 Å². The summed E-state index contributed by atoms with van der Waals surface area (Å²) < 4.78 is 0. The van der Waals surface area contributed by atoms with Gasteiger partial charge >= 0.3 is 0 Å². The number of aryl methyl sites for hydroxylation is 1. The van der Waals surface area contributed by atoms with E-state index < -0.39 is 0 Å². The van der Waals surface area contributed by atoms with Crippen molar-refractivity contribution in [3.63, 3.8) is 0 Å². The molecule has 5 nitrogen and oxygen atoms in total. The fraction of sp³-hybridized carbons (Fsp3) is 0.273. The standard InChI is InChI=1S/C9H6N2O2.C2H6O/c1-7-3-2-4-8(10-5-12)9(7)11-6-13;1-2-3/h2-4H,1H3;3H,2H2,1H3. The molecule has 0 saturated heterocycles. The Kier molecular flexibility index (Phi) is 7.20. The van der Waals surface area contributed by atoms with Crippen LogP contribution in [0, 0.1) is 6.92 Å². The van der Waals surface area contributed by atoms with Crippen molar-refractivity contribution in [3.05, 3.63) is 23.8 Å². The van der Waals surface area contributed by atoms with Crippen LogP contribution in [0.15, 0.2) is 28.2 Å². The Hall–Kier alpha value is -2.06. The van der Waals surface area contributed by atoms with Crippen LogP contribution in [0.2, 0.25) is 0 Å². The van der Waals surface area contributed by atoms with Gasteiger partial charge in [-0.2, -0.15) is 9.98 Å². The normalized spacial score (nSPS) is 7.94. The summed E-state index contributed by atoms with van der Waals surface area (Å²) in [5.41, 5.74) is 1.46. The molecule has 0 saturated carbocycles. The molecule has 0 aliphatic carbocycles. The Morgan fingerprint density at radius 2 is 1.81 bits per heavy atom.